The van der Waals surface area contributed by atoms with Gasteiger partial charge in [0.15, 0.2) is 11.5 Å². The van der Waals surface area contributed by atoms with Crippen molar-refractivity contribution in [1.29, 1.82) is 0 Å². The van der Waals surface area contributed by atoms with E-state index in [1.807, 2.05) is 6.92 Å². The van der Waals surface area contributed by atoms with Crippen LogP contribution >= 0.6 is 0 Å². The number of ether oxygens (including phenoxy) is 2. The molecule has 3 rings (SSSR count). The Morgan fingerprint density at radius 3 is 2.03 bits per heavy atom. The first-order valence-corrected chi connectivity index (χ1v) is 9.67. The SMILES string of the molecule is COc1ccc(C(=O)N2CCN(C(=O)/C=C(\C)c3ccc(F)cc3)CC2)cc1OC. The normalized spacial score (nSPS) is 14.5. The molecular weight excluding hydrogens is 387 g/mol. The molecule has 7 heteroatoms. The van der Waals surface area contributed by atoms with Crippen LogP contribution in [0.25, 0.3) is 5.57 Å². The Kier molecular flexibility index (Phi) is 6.72. The molecule has 2 aromatic carbocycles. The second kappa shape index (κ2) is 9.43. The lowest BCUT2D eigenvalue weighted by atomic mass is 10.1. The summed E-state index contributed by atoms with van der Waals surface area (Å²) in [6.45, 7) is 3.61. The van der Waals surface area contributed by atoms with Crippen LogP contribution in [-0.4, -0.2) is 62.0 Å². The van der Waals surface area contributed by atoms with Gasteiger partial charge in [0.2, 0.25) is 5.91 Å². The molecule has 0 bridgehead atoms. The van der Waals surface area contributed by atoms with Crippen LogP contribution in [-0.2, 0) is 4.79 Å². The van der Waals surface area contributed by atoms with E-state index in [1.165, 1.54) is 19.2 Å². The molecule has 0 atom stereocenters. The maximum Gasteiger partial charge on any atom is 0.254 e. The molecule has 0 saturated carbocycles. The second-order valence-corrected chi connectivity index (χ2v) is 7.02. The van der Waals surface area contributed by atoms with Crippen molar-refractivity contribution in [3.8, 4) is 11.5 Å². The first-order valence-electron chi connectivity index (χ1n) is 9.67. The van der Waals surface area contributed by atoms with E-state index >= 15 is 0 Å². The van der Waals surface area contributed by atoms with Gasteiger partial charge in [0, 0.05) is 37.8 Å². The van der Waals surface area contributed by atoms with Crippen LogP contribution in [0.3, 0.4) is 0 Å². The minimum Gasteiger partial charge on any atom is -0.493 e. The predicted octanol–water partition coefficient (Wildman–Crippen LogP) is 3.23. The Hall–Kier alpha value is -3.35. The molecule has 2 amide bonds. The van der Waals surface area contributed by atoms with E-state index in [2.05, 4.69) is 0 Å². The van der Waals surface area contributed by atoms with Gasteiger partial charge in [0.25, 0.3) is 5.91 Å². The third-order valence-corrected chi connectivity index (χ3v) is 5.15. The highest BCUT2D eigenvalue weighted by molar-refractivity contribution is 5.96. The van der Waals surface area contributed by atoms with E-state index in [-0.39, 0.29) is 17.6 Å². The molecule has 158 valence electrons. The number of halogens is 1. The van der Waals surface area contributed by atoms with E-state index in [0.717, 1.165) is 11.1 Å². The minimum atomic E-state index is -0.312. The first-order chi connectivity index (χ1) is 14.4. The smallest absolute Gasteiger partial charge is 0.254 e. The summed E-state index contributed by atoms with van der Waals surface area (Å²) in [7, 11) is 3.07. The van der Waals surface area contributed by atoms with Gasteiger partial charge >= 0.3 is 0 Å². The summed E-state index contributed by atoms with van der Waals surface area (Å²) in [5.74, 6) is 0.524. The Labute approximate surface area is 175 Å². The number of carbonyl (C=O) groups excluding carboxylic acids is 2. The van der Waals surface area contributed by atoms with Crippen molar-refractivity contribution in [3.05, 3.63) is 65.5 Å². The molecule has 1 aliphatic rings. The molecule has 0 spiro atoms. The second-order valence-electron chi connectivity index (χ2n) is 7.02. The fraction of sp³-hybridized carbons (Fsp3) is 0.304. The van der Waals surface area contributed by atoms with Crippen LogP contribution in [0.1, 0.15) is 22.8 Å². The zero-order chi connectivity index (χ0) is 21.7. The number of rotatable bonds is 5. The summed E-state index contributed by atoms with van der Waals surface area (Å²) in [5.41, 5.74) is 2.08. The van der Waals surface area contributed by atoms with Gasteiger partial charge in [0.05, 0.1) is 14.2 Å². The van der Waals surface area contributed by atoms with E-state index in [4.69, 9.17) is 9.47 Å². The number of hydrogen-bond acceptors (Lipinski definition) is 4. The van der Waals surface area contributed by atoms with Gasteiger partial charge in [-0.25, -0.2) is 4.39 Å². The lowest BCUT2D eigenvalue weighted by Crippen LogP contribution is -2.50. The van der Waals surface area contributed by atoms with Gasteiger partial charge in [0.1, 0.15) is 5.82 Å². The van der Waals surface area contributed by atoms with Crippen molar-refractivity contribution in [3.63, 3.8) is 0 Å². The number of allylic oxidation sites excluding steroid dienone is 1. The van der Waals surface area contributed by atoms with Crippen LogP contribution in [0.15, 0.2) is 48.5 Å². The maximum absolute atomic E-state index is 13.1. The fourth-order valence-corrected chi connectivity index (χ4v) is 3.35. The van der Waals surface area contributed by atoms with E-state index < -0.39 is 0 Å². The molecule has 0 radical (unpaired) electrons. The molecular formula is C23H25FN2O4. The summed E-state index contributed by atoms with van der Waals surface area (Å²) in [6, 6.07) is 11.1. The fourth-order valence-electron chi connectivity index (χ4n) is 3.35. The number of nitrogens with zero attached hydrogens (tertiary/aromatic N) is 2. The molecule has 0 aliphatic carbocycles. The van der Waals surface area contributed by atoms with Crippen molar-refractivity contribution in [2.24, 2.45) is 0 Å². The molecule has 0 N–H and O–H groups in total. The molecule has 1 heterocycles. The molecule has 0 aromatic heterocycles. The van der Waals surface area contributed by atoms with Crippen molar-refractivity contribution in [1.82, 2.24) is 9.80 Å². The van der Waals surface area contributed by atoms with Gasteiger partial charge in [-0.3, -0.25) is 9.59 Å². The Balaban J connectivity index is 1.61. The highest BCUT2D eigenvalue weighted by Gasteiger charge is 2.25. The largest absolute Gasteiger partial charge is 0.493 e. The molecule has 1 aliphatic heterocycles. The van der Waals surface area contributed by atoms with Crippen molar-refractivity contribution in [2.45, 2.75) is 6.92 Å². The topological polar surface area (TPSA) is 59.1 Å². The van der Waals surface area contributed by atoms with Crippen molar-refractivity contribution >= 4 is 17.4 Å². The Morgan fingerprint density at radius 1 is 0.867 bits per heavy atom. The summed E-state index contributed by atoms with van der Waals surface area (Å²) < 4.78 is 23.5. The molecule has 0 unspecified atom stereocenters. The number of amides is 2. The minimum absolute atomic E-state index is 0.110. The molecule has 30 heavy (non-hydrogen) atoms. The van der Waals surface area contributed by atoms with Crippen LogP contribution in [0.4, 0.5) is 4.39 Å². The summed E-state index contributed by atoms with van der Waals surface area (Å²) in [6.07, 6.45) is 1.55. The first kappa shape index (κ1) is 21.4. The number of benzene rings is 2. The molecule has 1 saturated heterocycles. The van der Waals surface area contributed by atoms with Crippen LogP contribution < -0.4 is 9.47 Å². The molecule has 1 fully saturated rings. The third kappa shape index (κ3) is 4.79. The summed E-state index contributed by atoms with van der Waals surface area (Å²) >= 11 is 0. The highest BCUT2D eigenvalue weighted by atomic mass is 19.1. The predicted molar refractivity (Wildman–Crippen MR) is 112 cm³/mol. The monoisotopic (exact) mass is 412 g/mol. The van der Waals surface area contributed by atoms with Gasteiger partial charge in [-0.15, -0.1) is 0 Å². The summed E-state index contributed by atoms with van der Waals surface area (Å²) in [5, 5.41) is 0. The van der Waals surface area contributed by atoms with Gasteiger partial charge in [-0.1, -0.05) is 12.1 Å². The number of carbonyl (C=O) groups is 2. The summed E-state index contributed by atoms with van der Waals surface area (Å²) in [4.78, 5) is 28.8. The van der Waals surface area contributed by atoms with Crippen molar-refractivity contribution in [2.75, 3.05) is 40.4 Å². The van der Waals surface area contributed by atoms with Gasteiger partial charge in [-0.05, 0) is 48.4 Å². The number of piperazine rings is 1. The highest BCUT2D eigenvalue weighted by Crippen LogP contribution is 2.28. The van der Waals surface area contributed by atoms with E-state index in [0.29, 0.717) is 43.2 Å². The average Bonchev–Trinajstić information content (AvgIpc) is 2.78. The van der Waals surface area contributed by atoms with Crippen LogP contribution in [0.2, 0.25) is 0 Å². The van der Waals surface area contributed by atoms with Gasteiger partial charge in [-0.2, -0.15) is 0 Å². The number of hydrogen-bond donors (Lipinski definition) is 0. The molecule has 6 nitrogen and oxygen atoms in total. The zero-order valence-electron chi connectivity index (χ0n) is 17.4. The van der Waals surface area contributed by atoms with Crippen LogP contribution in [0, 0.1) is 5.82 Å². The van der Waals surface area contributed by atoms with Crippen molar-refractivity contribution < 1.29 is 23.5 Å². The van der Waals surface area contributed by atoms with E-state index in [9.17, 15) is 14.0 Å². The maximum atomic E-state index is 13.1. The van der Waals surface area contributed by atoms with Gasteiger partial charge < -0.3 is 19.3 Å². The molecule has 2 aromatic rings. The van der Waals surface area contributed by atoms with Crippen LogP contribution in [0.5, 0.6) is 11.5 Å². The number of methoxy groups -OCH3 is 2. The quantitative estimate of drug-likeness (QED) is 0.708. The van der Waals surface area contributed by atoms with E-state index in [1.54, 1.807) is 53.3 Å². The average molecular weight is 412 g/mol. The lowest BCUT2D eigenvalue weighted by Gasteiger charge is -2.34. The standard InChI is InChI=1S/C23H25FN2O4/c1-16(17-4-7-19(24)8-5-17)14-22(27)25-10-12-26(13-11-25)23(28)18-6-9-20(29-2)21(15-18)30-3/h4-9,14-15H,10-13H2,1-3H3/b16-14+. The zero-order valence-corrected chi connectivity index (χ0v) is 17.4. The Morgan fingerprint density at radius 2 is 1.43 bits per heavy atom. The third-order valence-electron chi connectivity index (χ3n) is 5.15. The Bertz CT molecular complexity index is 948. The lowest BCUT2D eigenvalue weighted by molar-refractivity contribution is -0.127.